The molecule has 0 saturated carbocycles. The van der Waals surface area contributed by atoms with E-state index in [2.05, 4.69) is 10.1 Å². The Morgan fingerprint density at radius 1 is 1.55 bits per heavy atom. The normalized spacial score (nSPS) is 24.8. The summed E-state index contributed by atoms with van der Waals surface area (Å²) in [4.78, 5) is 35.5. The summed E-state index contributed by atoms with van der Waals surface area (Å²) in [5.74, 6) is -0.571. The largest absolute Gasteiger partial charge is 1.00 e. The van der Waals surface area contributed by atoms with Gasteiger partial charge in [-0.3, -0.25) is 4.79 Å². The van der Waals surface area contributed by atoms with Crippen molar-refractivity contribution in [3.05, 3.63) is 24.0 Å². The van der Waals surface area contributed by atoms with Gasteiger partial charge in [-0.25, -0.2) is 9.67 Å². The van der Waals surface area contributed by atoms with Crippen molar-refractivity contribution in [1.29, 1.82) is 0 Å². The molecule has 1 aliphatic heterocycles. The fourth-order valence-electron chi connectivity index (χ4n) is 1.75. The molecule has 1 aromatic rings. The molecule has 110 valence electrons. The van der Waals surface area contributed by atoms with Crippen molar-refractivity contribution in [1.82, 2.24) is 14.8 Å². The first-order chi connectivity index (χ1) is 9.26. The second-order valence-electron chi connectivity index (χ2n) is 4.16. The molecule has 1 aromatic heterocycles. The number of carbonyl (C=O) groups excluding carboxylic acids is 1. The molecule has 2 rings (SSSR count). The monoisotopic (exact) mass is 348 g/mol. The SMILES string of the molecule is NC(=O)c1ncn([C@@H]2O[C@H](/C=C/P(=O)([O-])[O-])C[C@H]2O)n1.[Na+].[Na+]. The number of hydrogen-bond donors (Lipinski definition) is 2. The average molecular weight is 348 g/mol. The number of carbonyl (C=O) groups is 1. The molecular weight excluding hydrogens is 337 g/mol. The van der Waals surface area contributed by atoms with Gasteiger partial charge in [0.2, 0.25) is 5.82 Å². The minimum atomic E-state index is -4.78. The number of nitrogens with two attached hydrogens (primary N) is 1. The van der Waals surface area contributed by atoms with Crippen molar-refractivity contribution in [2.75, 3.05) is 0 Å². The molecule has 2 heterocycles. The van der Waals surface area contributed by atoms with Crippen molar-refractivity contribution >= 4 is 13.5 Å². The molecule has 3 N–H and O–H groups in total. The van der Waals surface area contributed by atoms with Crippen LogP contribution in [0.1, 0.15) is 23.3 Å². The van der Waals surface area contributed by atoms with E-state index in [-0.39, 0.29) is 71.4 Å². The molecule has 0 bridgehead atoms. The smallest absolute Gasteiger partial charge is 0.808 e. The zero-order valence-electron chi connectivity index (χ0n) is 12.0. The van der Waals surface area contributed by atoms with Crippen LogP contribution >= 0.6 is 7.60 Å². The molecule has 0 aromatic carbocycles. The summed E-state index contributed by atoms with van der Waals surface area (Å²) < 4.78 is 16.9. The third-order valence-corrected chi connectivity index (χ3v) is 3.13. The number of rotatable bonds is 4. The molecule has 0 aliphatic carbocycles. The number of aromatic nitrogens is 3. The molecule has 10 nitrogen and oxygen atoms in total. The Hall–Kier alpha value is 0.420. The molecule has 1 aliphatic rings. The van der Waals surface area contributed by atoms with Gasteiger partial charge in [0.1, 0.15) is 12.4 Å². The third kappa shape index (κ3) is 6.14. The van der Waals surface area contributed by atoms with Gasteiger partial charge in [-0.15, -0.1) is 5.10 Å². The Bertz CT molecular complexity index is 590. The molecule has 0 spiro atoms. The number of nitrogens with zero attached hydrogens (tertiary/aromatic N) is 3. The second kappa shape index (κ2) is 9.05. The number of ether oxygens (including phenoxy) is 1. The number of primary amides is 1. The predicted molar refractivity (Wildman–Crippen MR) is 59.8 cm³/mol. The summed E-state index contributed by atoms with van der Waals surface area (Å²) in [5, 5.41) is 13.5. The van der Waals surface area contributed by atoms with E-state index >= 15 is 0 Å². The van der Waals surface area contributed by atoms with Crippen molar-refractivity contribution in [3.63, 3.8) is 0 Å². The van der Waals surface area contributed by atoms with Crippen molar-refractivity contribution in [3.8, 4) is 0 Å². The van der Waals surface area contributed by atoms with E-state index in [0.29, 0.717) is 5.82 Å². The molecule has 1 saturated heterocycles. The molecular formula is C9H11N4Na2O6P. The predicted octanol–water partition coefficient (Wildman–Crippen LogP) is -8.54. The van der Waals surface area contributed by atoms with Gasteiger partial charge in [0.05, 0.1) is 6.10 Å². The summed E-state index contributed by atoms with van der Waals surface area (Å²) in [6, 6.07) is 0. The minimum absolute atomic E-state index is 0. The van der Waals surface area contributed by atoms with E-state index in [4.69, 9.17) is 10.5 Å². The zero-order valence-corrected chi connectivity index (χ0v) is 16.9. The molecule has 3 atom stereocenters. The summed E-state index contributed by atoms with van der Waals surface area (Å²) in [5.41, 5.74) is 4.99. The maximum atomic E-state index is 10.9. The van der Waals surface area contributed by atoms with Gasteiger partial charge in [0, 0.05) is 6.42 Å². The molecule has 0 radical (unpaired) electrons. The zero-order chi connectivity index (χ0) is 14.9. The average Bonchev–Trinajstić information content (AvgIpc) is 2.91. The Balaban J connectivity index is 0.00000220. The Morgan fingerprint density at radius 2 is 2.18 bits per heavy atom. The first-order valence-corrected chi connectivity index (χ1v) is 7.13. The Morgan fingerprint density at radius 3 is 2.68 bits per heavy atom. The molecule has 1 fully saturated rings. The van der Waals surface area contributed by atoms with Crippen LogP contribution in [-0.4, -0.2) is 38.0 Å². The van der Waals surface area contributed by atoms with Gasteiger partial charge in [-0.1, -0.05) is 11.9 Å². The topological polar surface area (TPSA) is 166 Å². The van der Waals surface area contributed by atoms with Gasteiger partial charge in [-0.05, 0) is 7.60 Å². The summed E-state index contributed by atoms with van der Waals surface area (Å²) >= 11 is 0. The Labute approximate surface area is 169 Å². The molecule has 1 amide bonds. The third-order valence-electron chi connectivity index (χ3n) is 2.59. The van der Waals surface area contributed by atoms with E-state index in [9.17, 15) is 24.3 Å². The summed E-state index contributed by atoms with van der Waals surface area (Å²) in [7, 11) is -4.78. The van der Waals surface area contributed by atoms with Crippen LogP contribution in [0.15, 0.2) is 18.2 Å². The van der Waals surface area contributed by atoms with E-state index in [1.165, 1.54) is 0 Å². The maximum absolute atomic E-state index is 10.9. The second-order valence-corrected chi connectivity index (χ2v) is 5.54. The molecule has 13 heteroatoms. The van der Waals surface area contributed by atoms with Crippen LogP contribution in [0.4, 0.5) is 0 Å². The van der Waals surface area contributed by atoms with Gasteiger partial charge in [0.15, 0.2) is 6.23 Å². The van der Waals surface area contributed by atoms with Crippen LogP contribution in [0.2, 0.25) is 0 Å². The molecule has 22 heavy (non-hydrogen) atoms. The number of hydrogen-bond acceptors (Lipinski definition) is 8. The van der Waals surface area contributed by atoms with Gasteiger partial charge < -0.3 is 29.9 Å². The van der Waals surface area contributed by atoms with Gasteiger partial charge in [-0.2, -0.15) is 0 Å². The van der Waals surface area contributed by atoms with Crippen LogP contribution in [0, 0.1) is 0 Å². The van der Waals surface area contributed by atoms with Gasteiger partial charge in [0.25, 0.3) is 5.91 Å². The first kappa shape index (κ1) is 22.4. The van der Waals surface area contributed by atoms with Crippen LogP contribution in [0.3, 0.4) is 0 Å². The van der Waals surface area contributed by atoms with Crippen molar-refractivity contribution in [2.45, 2.75) is 24.9 Å². The van der Waals surface area contributed by atoms with Gasteiger partial charge >= 0.3 is 59.1 Å². The quantitative estimate of drug-likeness (QED) is 0.400. The Kier molecular flexibility index (Phi) is 9.22. The van der Waals surface area contributed by atoms with Crippen molar-refractivity contribution in [2.24, 2.45) is 5.73 Å². The first-order valence-electron chi connectivity index (χ1n) is 5.52. The van der Waals surface area contributed by atoms with E-state index < -0.39 is 31.9 Å². The van der Waals surface area contributed by atoms with Crippen LogP contribution in [0.25, 0.3) is 0 Å². The van der Waals surface area contributed by atoms with Crippen molar-refractivity contribution < 1.29 is 88.1 Å². The van der Waals surface area contributed by atoms with E-state index in [0.717, 1.165) is 17.1 Å². The maximum Gasteiger partial charge on any atom is 1.00 e. The minimum Gasteiger partial charge on any atom is -0.808 e. The van der Waals surface area contributed by atoms with E-state index in [1.54, 1.807) is 0 Å². The number of amides is 1. The standard InChI is InChI=1S/C9H13N4O6P.2Na/c10-7(15)8-11-4-13(12-8)9-6(14)3-5(19-9)1-2-20(16,17)18;;/h1-2,4-6,9,14H,3H2,(H2,10,15)(H2,16,17,18);;/q;2*+1/p-2/b2-1+;;/t5-,6-,9-;;/m1../s1. The fourth-order valence-corrected chi connectivity index (χ4v) is 2.16. The number of aliphatic hydroxyl groups is 1. The summed E-state index contributed by atoms with van der Waals surface area (Å²) in [6.07, 6.45) is -0.408. The fraction of sp³-hybridized carbons (Fsp3) is 0.444. The molecule has 0 unspecified atom stereocenters. The van der Waals surface area contributed by atoms with Crippen LogP contribution in [-0.2, 0) is 9.30 Å². The van der Waals surface area contributed by atoms with Crippen LogP contribution in [0.5, 0.6) is 0 Å². The van der Waals surface area contributed by atoms with Crippen LogP contribution < -0.4 is 74.6 Å². The van der Waals surface area contributed by atoms with E-state index in [1.807, 2.05) is 0 Å². The number of aliphatic hydroxyl groups excluding tert-OH is 1. The summed E-state index contributed by atoms with van der Waals surface area (Å²) in [6.45, 7) is 0.